The van der Waals surface area contributed by atoms with Crippen LogP contribution in [-0.2, 0) is 4.79 Å². The van der Waals surface area contributed by atoms with Crippen LogP contribution in [0.15, 0.2) is 18.5 Å². The van der Waals surface area contributed by atoms with Gasteiger partial charge >= 0.3 is 5.97 Å². The Morgan fingerprint density at radius 3 is 2.76 bits per heavy atom. The van der Waals surface area contributed by atoms with E-state index in [2.05, 4.69) is 4.98 Å². The highest BCUT2D eigenvalue weighted by Gasteiger charge is 2.25. The number of pyridine rings is 1. The average Bonchev–Trinajstić information content (AvgIpc) is 2.52. The van der Waals surface area contributed by atoms with E-state index in [-0.39, 0.29) is 12.3 Å². The van der Waals surface area contributed by atoms with Gasteiger partial charge in [-0.15, -0.1) is 0 Å². The first-order valence-corrected chi connectivity index (χ1v) is 7.11. The minimum Gasteiger partial charge on any atom is -0.494 e. The summed E-state index contributed by atoms with van der Waals surface area (Å²) in [4.78, 5) is 28.8. The molecule has 1 N–H and O–H groups in total. The number of likely N-dealkylation sites (tertiary alicyclic amines) is 1. The van der Waals surface area contributed by atoms with E-state index in [1.807, 2.05) is 0 Å². The Labute approximate surface area is 123 Å². The Balaban J connectivity index is 1.92. The van der Waals surface area contributed by atoms with Crippen LogP contribution in [0.25, 0.3) is 0 Å². The third-order valence-electron chi connectivity index (χ3n) is 3.90. The lowest BCUT2D eigenvalue weighted by Crippen LogP contribution is -2.38. The van der Waals surface area contributed by atoms with Crippen LogP contribution in [-0.4, -0.2) is 47.1 Å². The van der Waals surface area contributed by atoms with Crippen molar-refractivity contribution in [3.05, 3.63) is 24.0 Å². The van der Waals surface area contributed by atoms with Crippen LogP contribution in [0.4, 0.5) is 0 Å². The zero-order chi connectivity index (χ0) is 15.2. The second-order valence-corrected chi connectivity index (χ2v) is 5.24. The molecule has 1 aromatic rings. The Morgan fingerprint density at radius 2 is 2.14 bits per heavy atom. The first-order chi connectivity index (χ1) is 10.1. The van der Waals surface area contributed by atoms with Crippen LogP contribution in [0.3, 0.4) is 0 Å². The van der Waals surface area contributed by atoms with Crippen molar-refractivity contribution in [1.29, 1.82) is 0 Å². The predicted molar refractivity (Wildman–Crippen MR) is 76.3 cm³/mol. The van der Waals surface area contributed by atoms with E-state index in [0.717, 1.165) is 12.8 Å². The van der Waals surface area contributed by atoms with Gasteiger partial charge in [-0.1, -0.05) is 0 Å². The van der Waals surface area contributed by atoms with Crippen molar-refractivity contribution in [3.8, 4) is 5.75 Å². The van der Waals surface area contributed by atoms with Gasteiger partial charge in [-0.25, -0.2) is 0 Å². The second-order valence-electron chi connectivity index (χ2n) is 5.24. The number of carboxylic acids is 1. The number of carbonyl (C=O) groups is 2. The fourth-order valence-corrected chi connectivity index (χ4v) is 2.64. The van der Waals surface area contributed by atoms with Crippen molar-refractivity contribution >= 4 is 11.9 Å². The number of hydrogen-bond donors (Lipinski definition) is 1. The van der Waals surface area contributed by atoms with Gasteiger partial charge in [-0.05, 0) is 31.2 Å². The largest absolute Gasteiger partial charge is 0.494 e. The van der Waals surface area contributed by atoms with Crippen LogP contribution in [0.1, 0.15) is 36.0 Å². The van der Waals surface area contributed by atoms with E-state index in [1.54, 1.807) is 17.2 Å². The molecule has 1 aromatic heterocycles. The summed E-state index contributed by atoms with van der Waals surface area (Å²) in [5.41, 5.74) is 0.525. The SMILES string of the molecule is COc1cnccc1C(=O)N1CCC(CCC(=O)O)CC1. The lowest BCUT2D eigenvalue weighted by Gasteiger charge is -2.32. The van der Waals surface area contributed by atoms with E-state index in [1.165, 1.54) is 13.3 Å². The van der Waals surface area contributed by atoms with Gasteiger partial charge in [0.2, 0.25) is 0 Å². The molecule has 1 saturated heterocycles. The van der Waals surface area contributed by atoms with Gasteiger partial charge in [0.05, 0.1) is 18.9 Å². The maximum atomic E-state index is 12.5. The minimum atomic E-state index is -0.755. The van der Waals surface area contributed by atoms with E-state index < -0.39 is 5.97 Å². The van der Waals surface area contributed by atoms with Crippen molar-refractivity contribution < 1.29 is 19.4 Å². The van der Waals surface area contributed by atoms with Crippen molar-refractivity contribution in [2.24, 2.45) is 5.92 Å². The molecule has 21 heavy (non-hydrogen) atoms. The zero-order valence-corrected chi connectivity index (χ0v) is 12.1. The molecule has 0 saturated carbocycles. The summed E-state index contributed by atoms with van der Waals surface area (Å²) in [5.74, 6) is 0.0703. The van der Waals surface area contributed by atoms with Crippen LogP contribution in [0.5, 0.6) is 5.75 Å². The molecule has 0 atom stereocenters. The Morgan fingerprint density at radius 1 is 1.43 bits per heavy atom. The van der Waals surface area contributed by atoms with Gasteiger partial charge in [-0.3, -0.25) is 14.6 Å². The highest BCUT2D eigenvalue weighted by molar-refractivity contribution is 5.96. The number of hydrogen-bond acceptors (Lipinski definition) is 4. The summed E-state index contributed by atoms with van der Waals surface area (Å²) >= 11 is 0. The van der Waals surface area contributed by atoms with Gasteiger partial charge in [0.25, 0.3) is 5.91 Å². The highest BCUT2D eigenvalue weighted by Crippen LogP contribution is 2.25. The molecule has 6 heteroatoms. The second kappa shape index (κ2) is 7.06. The Hall–Kier alpha value is -2.11. The lowest BCUT2D eigenvalue weighted by molar-refractivity contribution is -0.137. The van der Waals surface area contributed by atoms with Gasteiger partial charge in [0.1, 0.15) is 5.75 Å². The Kier molecular flexibility index (Phi) is 5.14. The number of methoxy groups -OCH3 is 1. The summed E-state index contributed by atoms with van der Waals surface area (Å²) in [6.07, 6.45) is 5.72. The van der Waals surface area contributed by atoms with Gasteiger partial charge in [0.15, 0.2) is 0 Å². The van der Waals surface area contributed by atoms with E-state index in [0.29, 0.717) is 36.7 Å². The van der Waals surface area contributed by atoms with Gasteiger partial charge < -0.3 is 14.7 Å². The lowest BCUT2D eigenvalue weighted by atomic mass is 9.92. The maximum Gasteiger partial charge on any atom is 0.303 e. The van der Waals surface area contributed by atoms with Crippen molar-refractivity contribution in [3.63, 3.8) is 0 Å². The molecule has 0 spiro atoms. The van der Waals surface area contributed by atoms with Crippen LogP contribution in [0, 0.1) is 5.92 Å². The number of amides is 1. The third-order valence-corrected chi connectivity index (χ3v) is 3.90. The summed E-state index contributed by atoms with van der Waals surface area (Å²) in [5, 5.41) is 8.71. The van der Waals surface area contributed by atoms with Crippen LogP contribution in [0.2, 0.25) is 0 Å². The standard InChI is InChI=1S/C15H20N2O4/c1-21-13-10-16-7-4-12(13)15(20)17-8-5-11(6-9-17)2-3-14(18)19/h4,7,10-11H,2-3,5-6,8-9H2,1H3,(H,18,19). The predicted octanol–water partition coefficient (Wildman–Crippen LogP) is 1.81. The van der Waals surface area contributed by atoms with Crippen LogP contribution >= 0.6 is 0 Å². The fraction of sp³-hybridized carbons (Fsp3) is 0.533. The van der Waals surface area contributed by atoms with Crippen LogP contribution < -0.4 is 4.74 Å². The molecule has 1 amide bonds. The molecule has 6 nitrogen and oxygen atoms in total. The fourth-order valence-electron chi connectivity index (χ4n) is 2.64. The highest BCUT2D eigenvalue weighted by atomic mass is 16.5. The van der Waals surface area contributed by atoms with Crippen molar-refractivity contribution in [2.75, 3.05) is 20.2 Å². The molecule has 0 aromatic carbocycles. The molecule has 1 aliphatic rings. The summed E-state index contributed by atoms with van der Waals surface area (Å²) in [6.45, 7) is 1.32. The van der Waals surface area contributed by atoms with Gasteiger partial charge in [-0.2, -0.15) is 0 Å². The molecule has 2 heterocycles. The van der Waals surface area contributed by atoms with E-state index in [4.69, 9.17) is 9.84 Å². The van der Waals surface area contributed by atoms with E-state index in [9.17, 15) is 9.59 Å². The molecule has 0 bridgehead atoms. The number of nitrogens with zero attached hydrogens (tertiary/aromatic N) is 2. The van der Waals surface area contributed by atoms with Crippen molar-refractivity contribution in [1.82, 2.24) is 9.88 Å². The van der Waals surface area contributed by atoms with Gasteiger partial charge in [0, 0.05) is 25.7 Å². The quantitative estimate of drug-likeness (QED) is 0.895. The number of carbonyl (C=O) groups excluding carboxylic acids is 1. The number of carboxylic acid groups (broad SMARTS) is 1. The van der Waals surface area contributed by atoms with E-state index >= 15 is 0 Å². The molecule has 114 valence electrons. The topological polar surface area (TPSA) is 79.7 Å². The summed E-state index contributed by atoms with van der Waals surface area (Å²) < 4.78 is 5.17. The molecule has 1 aliphatic heterocycles. The number of rotatable bonds is 5. The maximum absolute atomic E-state index is 12.5. The monoisotopic (exact) mass is 292 g/mol. The van der Waals surface area contributed by atoms with Crippen molar-refractivity contribution in [2.45, 2.75) is 25.7 Å². The molecule has 0 aliphatic carbocycles. The number of aliphatic carboxylic acids is 1. The molecule has 0 unspecified atom stereocenters. The number of ether oxygens (including phenoxy) is 1. The number of aromatic nitrogens is 1. The average molecular weight is 292 g/mol. The Bertz CT molecular complexity index is 510. The molecule has 0 radical (unpaired) electrons. The number of piperidine rings is 1. The zero-order valence-electron chi connectivity index (χ0n) is 12.1. The molecular formula is C15H20N2O4. The first-order valence-electron chi connectivity index (χ1n) is 7.11. The minimum absolute atomic E-state index is 0.0501. The third kappa shape index (κ3) is 3.93. The summed E-state index contributed by atoms with van der Waals surface area (Å²) in [6, 6.07) is 1.66. The molecule has 1 fully saturated rings. The smallest absolute Gasteiger partial charge is 0.303 e. The normalized spacial score (nSPS) is 15.8. The first kappa shape index (κ1) is 15.3. The molecule has 2 rings (SSSR count). The molecular weight excluding hydrogens is 272 g/mol. The summed E-state index contributed by atoms with van der Waals surface area (Å²) in [7, 11) is 1.52.